The summed E-state index contributed by atoms with van der Waals surface area (Å²) in [5.74, 6) is 1.18. The smallest absolute Gasteiger partial charge is 0.293 e. The lowest BCUT2D eigenvalue weighted by Gasteiger charge is -2.32. The fraction of sp³-hybridized carbons (Fsp3) is 0.409. The number of rotatable bonds is 6. The van der Waals surface area contributed by atoms with Gasteiger partial charge in [-0.2, -0.15) is 0 Å². The summed E-state index contributed by atoms with van der Waals surface area (Å²) in [6.45, 7) is 4.33. The highest BCUT2D eigenvalue weighted by atomic mass is 16.3. The Hall–Kier alpha value is -3.09. The predicted octanol–water partition coefficient (Wildman–Crippen LogP) is 2.58. The first kappa shape index (κ1) is 19.2. The number of benzene rings is 1. The van der Waals surface area contributed by atoms with Crippen LogP contribution in [0.4, 0.5) is 5.82 Å². The van der Waals surface area contributed by atoms with Gasteiger partial charge in [-0.15, -0.1) is 0 Å². The van der Waals surface area contributed by atoms with E-state index in [4.69, 9.17) is 4.42 Å². The van der Waals surface area contributed by atoms with Crippen LogP contribution in [0.25, 0.3) is 11.0 Å². The van der Waals surface area contributed by atoms with Gasteiger partial charge < -0.3 is 19.2 Å². The number of fused-ring (bicyclic) bond motifs is 1. The lowest BCUT2D eigenvalue weighted by Crippen LogP contribution is -2.46. The van der Waals surface area contributed by atoms with E-state index in [0.29, 0.717) is 31.9 Å². The summed E-state index contributed by atoms with van der Waals surface area (Å²) in [4.78, 5) is 32.3. The van der Waals surface area contributed by atoms with Crippen molar-refractivity contribution in [1.82, 2.24) is 14.9 Å². The SMILES string of the molecule is CCn1c(=O)c(N2CCC[C@H](C(=O)NCCc3ccco3)C2)nc2ccccc21. The molecule has 3 aromatic rings. The highest BCUT2D eigenvalue weighted by Crippen LogP contribution is 2.22. The van der Waals surface area contributed by atoms with Crippen LogP contribution in [-0.2, 0) is 17.8 Å². The molecule has 4 rings (SSSR count). The van der Waals surface area contributed by atoms with Crippen LogP contribution in [0, 0.1) is 5.92 Å². The molecule has 0 aliphatic carbocycles. The predicted molar refractivity (Wildman–Crippen MR) is 112 cm³/mol. The van der Waals surface area contributed by atoms with Gasteiger partial charge in [-0.25, -0.2) is 4.98 Å². The first-order chi connectivity index (χ1) is 14.2. The number of aryl methyl sites for hydroxylation is 1. The van der Waals surface area contributed by atoms with Gasteiger partial charge in [-0.3, -0.25) is 9.59 Å². The molecular formula is C22H26N4O3. The summed E-state index contributed by atoms with van der Waals surface area (Å²) in [6.07, 6.45) is 3.98. The van der Waals surface area contributed by atoms with Crippen LogP contribution in [0.5, 0.6) is 0 Å². The number of furan rings is 1. The van der Waals surface area contributed by atoms with Gasteiger partial charge in [-0.05, 0) is 44.0 Å². The third-order valence-corrected chi connectivity index (χ3v) is 5.49. The number of hydrogen-bond donors (Lipinski definition) is 1. The van der Waals surface area contributed by atoms with Crippen LogP contribution in [0.15, 0.2) is 51.9 Å². The van der Waals surface area contributed by atoms with Gasteiger partial charge in [0.1, 0.15) is 5.76 Å². The lowest BCUT2D eigenvalue weighted by atomic mass is 9.97. The molecule has 2 aromatic heterocycles. The van der Waals surface area contributed by atoms with E-state index >= 15 is 0 Å². The molecule has 1 N–H and O–H groups in total. The first-order valence-electron chi connectivity index (χ1n) is 10.2. The van der Waals surface area contributed by atoms with E-state index in [1.54, 1.807) is 10.8 Å². The van der Waals surface area contributed by atoms with Crippen LogP contribution in [0.2, 0.25) is 0 Å². The third kappa shape index (κ3) is 4.04. The number of carbonyl (C=O) groups excluding carboxylic acids is 1. The minimum absolute atomic E-state index is 0.0258. The van der Waals surface area contributed by atoms with Crippen molar-refractivity contribution in [2.45, 2.75) is 32.7 Å². The molecule has 1 atom stereocenters. The summed E-state index contributed by atoms with van der Waals surface area (Å²) in [7, 11) is 0. The van der Waals surface area contributed by atoms with E-state index in [0.717, 1.165) is 36.2 Å². The number of anilines is 1. The summed E-state index contributed by atoms with van der Waals surface area (Å²) < 4.78 is 7.06. The number of piperidine rings is 1. The fourth-order valence-electron chi connectivity index (χ4n) is 3.99. The zero-order chi connectivity index (χ0) is 20.2. The first-order valence-corrected chi connectivity index (χ1v) is 10.2. The summed E-state index contributed by atoms with van der Waals surface area (Å²) in [6, 6.07) is 11.4. The Morgan fingerprint density at radius 3 is 2.93 bits per heavy atom. The number of amides is 1. The van der Waals surface area contributed by atoms with Gasteiger partial charge in [0.05, 0.1) is 23.2 Å². The molecule has 29 heavy (non-hydrogen) atoms. The van der Waals surface area contributed by atoms with Crippen molar-refractivity contribution in [3.63, 3.8) is 0 Å². The fourth-order valence-corrected chi connectivity index (χ4v) is 3.99. The Kier molecular flexibility index (Phi) is 5.64. The van der Waals surface area contributed by atoms with Crippen molar-refractivity contribution in [2.75, 3.05) is 24.5 Å². The molecule has 0 radical (unpaired) electrons. The van der Waals surface area contributed by atoms with Gasteiger partial charge in [0.25, 0.3) is 5.56 Å². The molecule has 1 saturated heterocycles. The lowest BCUT2D eigenvalue weighted by molar-refractivity contribution is -0.125. The highest BCUT2D eigenvalue weighted by Gasteiger charge is 2.28. The molecule has 3 heterocycles. The zero-order valence-corrected chi connectivity index (χ0v) is 16.6. The number of nitrogens with zero attached hydrogens (tertiary/aromatic N) is 3. The van der Waals surface area contributed by atoms with E-state index in [9.17, 15) is 9.59 Å². The molecule has 152 valence electrons. The molecule has 1 aliphatic heterocycles. The van der Waals surface area contributed by atoms with E-state index in [1.807, 2.05) is 48.2 Å². The molecule has 0 bridgehead atoms. The van der Waals surface area contributed by atoms with Crippen LogP contribution < -0.4 is 15.8 Å². The molecule has 0 spiro atoms. The van der Waals surface area contributed by atoms with Crippen LogP contribution in [0.1, 0.15) is 25.5 Å². The van der Waals surface area contributed by atoms with Crippen molar-refractivity contribution < 1.29 is 9.21 Å². The molecule has 7 heteroatoms. The Labute approximate surface area is 169 Å². The molecule has 1 aliphatic rings. The number of hydrogen-bond acceptors (Lipinski definition) is 5. The van der Waals surface area contributed by atoms with Crippen LogP contribution in [0.3, 0.4) is 0 Å². The van der Waals surface area contributed by atoms with Gasteiger partial charge in [0, 0.05) is 32.6 Å². The van der Waals surface area contributed by atoms with E-state index < -0.39 is 0 Å². The standard InChI is InChI=1S/C22H26N4O3/c1-2-26-19-10-4-3-9-18(19)24-20(22(26)28)25-13-5-7-16(15-25)21(27)23-12-11-17-8-6-14-29-17/h3-4,6,8-10,14,16H,2,5,7,11-13,15H2,1H3,(H,23,27)/t16-/m0/s1. The molecule has 7 nitrogen and oxygen atoms in total. The van der Waals surface area contributed by atoms with Gasteiger partial charge in [0.15, 0.2) is 5.82 Å². The average Bonchev–Trinajstić information content (AvgIpc) is 3.27. The molecular weight excluding hydrogens is 368 g/mol. The highest BCUT2D eigenvalue weighted by molar-refractivity contribution is 5.80. The van der Waals surface area contributed by atoms with Crippen molar-refractivity contribution >= 4 is 22.8 Å². The Balaban J connectivity index is 1.49. The number of carbonyl (C=O) groups is 1. The van der Waals surface area contributed by atoms with Crippen LogP contribution in [-0.4, -0.2) is 35.1 Å². The van der Waals surface area contributed by atoms with Crippen molar-refractivity contribution in [3.8, 4) is 0 Å². The molecule has 1 amide bonds. The Bertz CT molecular complexity index is 1040. The molecule has 0 saturated carbocycles. The maximum atomic E-state index is 13.0. The second-order valence-corrected chi connectivity index (χ2v) is 7.38. The maximum absolute atomic E-state index is 13.0. The third-order valence-electron chi connectivity index (χ3n) is 5.49. The van der Waals surface area contributed by atoms with Gasteiger partial charge in [-0.1, -0.05) is 12.1 Å². The minimum Gasteiger partial charge on any atom is -0.469 e. The van der Waals surface area contributed by atoms with E-state index in [-0.39, 0.29) is 17.4 Å². The van der Waals surface area contributed by atoms with Crippen molar-refractivity contribution in [1.29, 1.82) is 0 Å². The number of nitrogens with one attached hydrogen (secondary N) is 1. The van der Waals surface area contributed by atoms with E-state index in [2.05, 4.69) is 10.3 Å². The summed E-state index contributed by atoms with van der Waals surface area (Å²) in [5.41, 5.74) is 1.55. The normalized spacial score (nSPS) is 16.9. The summed E-state index contributed by atoms with van der Waals surface area (Å²) >= 11 is 0. The van der Waals surface area contributed by atoms with Gasteiger partial charge in [0.2, 0.25) is 5.91 Å². The largest absolute Gasteiger partial charge is 0.469 e. The zero-order valence-electron chi connectivity index (χ0n) is 16.6. The van der Waals surface area contributed by atoms with Crippen LogP contribution >= 0.6 is 0 Å². The average molecular weight is 394 g/mol. The molecule has 1 fully saturated rings. The van der Waals surface area contributed by atoms with E-state index in [1.165, 1.54) is 0 Å². The monoisotopic (exact) mass is 394 g/mol. The number of para-hydroxylation sites is 2. The Morgan fingerprint density at radius 2 is 2.14 bits per heavy atom. The molecule has 1 aromatic carbocycles. The van der Waals surface area contributed by atoms with Gasteiger partial charge >= 0.3 is 0 Å². The molecule has 0 unspecified atom stereocenters. The minimum atomic E-state index is -0.150. The topological polar surface area (TPSA) is 80.4 Å². The summed E-state index contributed by atoms with van der Waals surface area (Å²) in [5, 5.41) is 3.00. The number of aromatic nitrogens is 2. The van der Waals surface area contributed by atoms with Crippen molar-refractivity contribution in [2.24, 2.45) is 5.92 Å². The van der Waals surface area contributed by atoms with Crippen molar-refractivity contribution in [3.05, 3.63) is 58.8 Å². The maximum Gasteiger partial charge on any atom is 0.293 e. The second-order valence-electron chi connectivity index (χ2n) is 7.38. The quantitative estimate of drug-likeness (QED) is 0.695. The Morgan fingerprint density at radius 1 is 1.28 bits per heavy atom. The second kappa shape index (κ2) is 8.51.